The molecule has 4 bridgehead atoms. The van der Waals surface area contributed by atoms with Crippen LogP contribution < -0.4 is 0 Å². The van der Waals surface area contributed by atoms with Crippen molar-refractivity contribution in [1.29, 1.82) is 0 Å². The topological polar surface area (TPSA) is 160 Å². The van der Waals surface area contributed by atoms with Gasteiger partial charge in [0.25, 0.3) is 0 Å². The lowest BCUT2D eigenvalue weighted by atomic mass is 9.49. The summed E-state index contributed by atoms with van der Waals surface area (Å²) >= 11 is 0. The molecule has 7 aliphatic rings. The van der Waals surface area contributed by atoms with E-state index in [0.29, 0.717) is 50.1 Å². The third-order valence-electron chi connectivity index (χ3n) is 14.1. The number of hydrogen-bond donors (Lipinski definition) is 6. The smallest absolute Gasteiger partial charge is 0.333 e. The van der Waals surface area contributed by atoms with E-state index in [2.05, 4.69) is 11.8 Å². The Morgan fingerprint density at radius 2 is 1.63 bits per heavy atom. The summed E-state index contributed by atoms with van der Waals surface area (Å²) in [5.41, 5.74) is -8.96. The molecule has 0 amide bonds. The quantitative estimate of drug-likeness (QED) is 0.195. The fraction of sp³-hybridized carbons (Fsp3) is 0.906. The summed E-state index contributed by atoms with van der Waals surface area (Å²) in [7, 11) is 0. The third-order valence-corrected chi connectivity index (χ3v) is 14.1. The summed E-state index contributed by atoms with van der Waals surface area (Å²) in [4.78, 5) is 14.9. The second-order valence-corrected chi connectivity index (χ2v) is 15.7. The van der Waals surface area contributed by atoms with Gasteiger partial charge in [-0.25, -0.2) is 4.79 Å². The Bertz CT molecular complexity index is 1230. The molecule has 4 aliphatic carbocycles. The average molecular weight is 628 g/mol. The van der Waals surface area contributed by atoms with Crippen molar-refractivity contribution in [1.82, 2.24) is 4.90 Å². The Morgan fingerprint density at radius 1 is 0.953 bits per heavy atom. The number of halogens is 1. The molecular formula is C32H50ClNO9. The summed E-state index contributed by atoms with van der Waals surface area (Å²) in [5.74, 6) is -4.05. The summed E-state index contributed by atoms with van der Waals surface area (Å²) in [6.45, 7) is 10.1. The minimum Gasteiger partial charge on any atom is -0.453 e. The van der Waals surface area contributed by atoms with Crippen LogP contribution in [0.25, 0.3) is 0 Å². The molecular weight excluding hydrogens is 578 g/mol. The molecule has 11 heteroatoms. The molecule has 4 saturated carbocycles. The minimum absolute atomic E-state index is 0. The Balaban J connectivity index is 0.00000329. The molecule has 7 rings (SSSR count). The van der Waals surface area contributed by atoms with Gasteiger partial charge in [0.1, 0.15) is 22.4 Å². The summed E-state index contributed by atoms with van der Waals surface area (Å²) < 4.78 is 12.6. The number of hydrogen-bond acceptors (Lipinski definition) is 10. The highest BCUT2D eigenvalue weighted by molar-refractivity contribution is 5.87. The third kappa shape index (κ3) is 3.46. The zero-order chi connectivity index (χ0) is 30.5. The number of piperidine rings is 2. The number of carbonyl (C=O) groups excluding carboxylic acids is 1. The van der Waals surface area contributed by atoms with Crippen LogP contribution in [0.5, 0.6) is 0 Å². The molecule has 6 N–H and O–H groups in total. The largest absolute Gasteiger partial charge is 0.453 e. The van der Waals surface area contributed by atoms with Crippen molar-refractivity contribution in [3.05, 3.63) is 11.6 Å². The molecule has 0 unspecified atom stereocenters. The van der Waals surface area contributed by atoms with Crippen LogP contribution in [0.4, 0.5) is 0 Å². The number of ether oxygens (including phenoxy) is 2. The van der Waals surface area contributed by atoms with E-state index in [4.69, 9.17) is 9.47 Å². The SMILES string of the molecule is C/C=C(\C)C(=O)O[C@H]1CC[C@@]2(C)[C@@H]3CC[C@H]4[C@]5(O)C[C@H](O)[C@@]6(O)[C@@H](CN7C[C@@H](C)CC[C@H]7[C@@]6(C)O)[C@]5(O)C[C@@]42O[C@]13O.Cl. The maximum atomic E-state index is 12.9. The lowest BCUT2D eigenvalue weighted by Crippen LogP contribution is -2.85. The number of aliphatic hydroxyl groups is 6. The Labute approximate surface area is 259 Å². The van der Waals surface area contributed by atoms with Gasteiger partial charge < -0.3 is 40.1 Å². The fourth-order valence-corrected chi connectivity index (χ4v) is 11.8. The van der Waals surface area contributed by atoms with Gasteiger partial charge in [0.15, 0.2) is 6.10 Å². The van der Waals surface area contributed by atoms with Crippen molar-refractivity contribution in [2.75, 3.05) is 13.1 Å². The van der Waals surface area contributed by atoms with E-state index in [0.717, 1.165) is 6.42 Å². The molecule has 3 aliphatic heterocycles. The monoisotopic (exact) mass is 627 g/mol. The molecule has 0 aromatic carbocycles. The van der Waals surface area contributed by atoms with Gasteiger partial charge in [-0.1, -0.05) is 19.9 Å². The molecule has 3 heterocycles. The van der Waals surface area contributed by atoms with Crippen LogP contribution in [0, 0.1) is 29.1 Å². The highest BCUT2D eigenvalue weighted by atomic mass is 35.5. The van der Waals surface area contributed by atoms with Gasteiger partial charge in [-0.05, 0) is 65.2 Å². The van der Waals surface area contributed by atoms with Crippen LogP contribution in [-0.2, 0) is 14.3 Å². The van der Waals surface area contributed by atoms with Crippen molar-refractivity contribution in [2.24, 2.45) is 29.1 Å². The van der Waals surface area contributed by atoms with E-state index in [1.165, 1.54) is 0 Å². The Kier molecular flexibility index (Phi) is 7.01. The highest BCUT2D eigenvalue weighted by Crippen LogP contribution is 2.78. The number of rotatable bonds is 2. The van der Waals surface area contributed by atoms with E-state index < -0.39 is 75.1 Å². The van der Waals surface area contributed by atoms with Crippen molar-refractivity contribution in [3.63, 3.8) is 0 Å². The van der Waals surface area contributed by atoms with Gasteiger partial charge in [0.05, 0.1) is 11.7 Å². The first kappa shape index (κ1) is 32.1. The van der Waals surface area contributed by atoms with E-state index in [9.17, 15) is 35.4 Å². The second-order valence-electron chi connectivity index (χ2n) is 15.7. The van der Waals surface area contributed by atoms with Crippen molar-refractivity contribution in [2.45, 2.75) is 138 Å². The fourth-order valence-electron chi connectivity index (χ4n) is 11.8. The van der Waals surface area contributed by atoms with Crippen molar-refractivity contribution < 1.29 is 44.9 Å². The maximum absolute atomic E-state index is 12.9. The van der Waals surface area contributed by atoms with Gasteiger partial charge in [-0.3, -0.25) is 4.90 Å². The number of allylic oxidation sites excluding steroid dienone is 1. The van der Waals surface area contributed by atoms with E-state index in [1.807, 2.05) is 6.92 Å². The van der Waals surface area contributed by atoms with Gasteiger partial charge in [-0.15, -0.1) is 12.4 Å². The van der Waals surface area contributed by atoms with Gasteiger partial charge >= 0.3 is 5.97 Å². The van der Waals surface area contributed by atoms with E-state index >= 15 is 0 Å². The first-order chi connectivity index (χ1) is 19.5. The minimum atomic E-state index is -2.06. The second kappa shape index (κ2) is 9.38. The summed E-state index contributed by atoms with van der Waals surface area (Å²) in [6.07, 6.45) is 2.30. The van der Waals surface area contributed by atoms with Crippen LogP contribution in [-0.4, -0.2) is 107 Å². The lowest BCUT2D eigenvalue weighted by molar-refractivity contribution is -0.354. The number of fused-ring (bicyclic) bond motifs is 5. The normalized spacial score (nSPS) is 58.9. The van der Waals surface area contributed by atoms with Crippen LogP contribution in [0.15, 0.2) is 11.6 Å². The first-order valence-electron chi connectivity index (χ1n) is 16.0. The predicted molar refractivity (Wildman–Crippen MR) is 157 cm³/mol. The zero-order valence-electron chi connectivity index (χ0n) is 26.0. The van der Waals surface area contributed by atoms with E-state index in [1.54, 1.807) is 26.8 Å². The zero-order valence-corrected chi connectivity index (χ0v) is 26.8. The first-order valence-corrected chi connectivity index (χ1v) is 16.0. The number of aliphatic hydroxyl groups excluding tert-OH is 1. The average Bonchev–Trinajstić information content (AvgIpc) is 3.09. The Hall–Kier alpha value is -0.820. The van der Waals surface area contributed by atoms with Crippen molar-refractivity contribution >= 4 is 18.4 Å². The van der Waals surface area contributed by atoms with Crippen LogP contribution in [0.2, 0.25) is 0 Å². The number of esters is 1. The highest BCUT2D eigenvalue weighted by Gasteiger charge is 2.88. The predicted octanol–water partition coefficient (Wildman–Crippen LogP) is 1.41. The van der Waals surface area contributed by atoms with E-state index in [-0.39, 0.29) is 37.8 Å². The van der Waals surface area contributed by atoms with Crippen LogP contribution in [0.1, 0.15) is 86.0 Å². The Morgan fingerprint density at radius 3 is 2.30 bits per heavy atom. The van der Waals surface area contributed by atoms with Gasteiger partial charge in [0.2, 0.25) is 5.79 Å². The molecule has 0 aromatic heterocycles. The van der Waals surface area contributed by atoms with Crippen LogP contribution >= 0.6 is 12.4 Å². The van der Waals surface area contributed by atoms with Gasteiger partial charge in [-0.2, -0.15) is 0 Å². The molecule has 0 radical (unpaired) electrons. The molecule has 3 saturated heterocycles. The summed E-state index contributed by atoms with van der Waals surface area (Å²) in [5, 5.41) is 73.9. The van der Waals surface area contributed by atoms with Crippen LogP contribution in [0.3, 0.4) is 0 Å². The number of carbonyl (C=O) groups is 1. The van der Waals surface area contributed by atoms with Crippen molar-refractivity contribution in [3.8, 4) is 0 Å². The molecule has 14 atom stereocenters. The van der Waals surface area contributed by atoms with Gasteiger partial charge in [0, 0.05) is 60.7 Å². The molecule has 244 valence electrons. The lowest BCUT2D eigenvalue weighted by Gasteiger charge is -2.68. The molecule has 43 heavy (non-hydrogen) atoms. The molecule has 0 aromatic rings. The number of nitrogens with zero attached hydrogens (tertiary/aromatic N) is 1. The maximum Gasteiger partial charge on any atom is 0.333 e. The standard InChI is InChI=1S/C32H49NO9.ClH/c1-6-18(3)25(35)41-24-11-12-26(4)19-8-9-20-28(37)13-23(34)31(39)21(29(28,38)16-30(20,26)42-32(19,24)40)15-33-14-17(2)7-10-22(33)27(31,5)36;/h6,17,19-24,34,36-40H,7-16H2,1-5H3;1H/b18-6+;/t17-,19-,20-,21-,22-,23-,24-,26-,27+,28+,29+,30+,31-,32-;/m0./s1. The molecule has 7 fully saturated rings. The molecule has 1 spiro atoms. The molecule has 10 nitrogen and oxygen atoms in total. The summed E-state index contributed by atoms with van der Waals surface area (Å²) in [6, 6.07) is -0.387.